The number of aliphatic imine (C=N–C) groups is 1. The van der Waals surface area contributed by atoms with Gasteiger partial charge in [0.05, 0.1) is 6.54 Å². The highest BCUT2D eigenvalue weighted by molar-refractivity contribution is 6.34. The summed E-state index contributed by atoms with van der Waals surface area (Å²) in [7, 11) is 0. The van der Waals surface area contributed by atoms with Gasteiger partial charge in [0.1, 0.15) is 11.5 Å². The summed E-state index contributed by atoms with van der Waals surface area (Å²) in [4.78, 5) is 14.2. The average Bonchev–Trinajstić information content (AvgIpc) is 2.16. The number of benzene rings is 1. The summed E-state index contributed by atoms with van der Waals surface area (Å²) in [6, 6.07) is 6.71. The lowest BCUT2D eigenvalue weighted by Crippen LogP contribution is -2.08. The van der Waals surface area contributed by atoms with Crippen LogP contribution in [0.5, 0.6) is 5.75 Å². The van der Waals surface area contributed by atoms with Crippen molar-refractivity contribution in [2.24, 2.45) is 4.99 Å². The van der Waals surface area contributed by atoms with E-state index in [9.17, 15) is 9.90 Å². The maximum absolute atomic E-state index is 10.4. The van der Waals surface area contributed by atoms with E-state index in [4.69, 9.17) is 5.11 Å². The first-order valence-corrected chi connectivity index (χ1v) is 4.12. The molecule has 0 aliphatic rings. The molecule has 0 unspecified atom stereocenters. The number of hydrogen-bond acceptors (Lipinski definition) is 3. The molecule has 0 spiro atoms. The second-order valence-electron chi connectivity index (χ2n) is 2.84. The van der Waals surface area contributed by atoms with Gasteiger partial charge in [-0.2, -0.15) is 0 Å². The Hall–Kier alpha value is -1.84. The van der Waals surface area contributed by atoms with Gasteiger partial charge < -0.3 is 10.2 Å². The number of hydrogen-bond donors (Lipinski definition) is 2. The zero-order valence-corrected chi connectivity index (χ0v) is 7.77. The number of phenols is 1. The fraction of sp³-hybridized carbons (Fsp3) is 0.200. The molecule has 0 saturated heterocycles. The van der Waals surface area contributed by atoms with Crippen LogP contribution >= 0.6 is 0 Å². The first-order chi connectivity index (χ1) is 6.61. The van der Waals surface area contributed by atoms with Crippen molar-refractivity contribution in [2.75, 3.05) is 0 Å². The molecular formula is C10H11NO3. The summed E-state index contributed by atoms with van der Waals surface area (Å²) in [5.41, 5.74) is 0.654. The van der Waals surface area contributed by atoms with Crippen molar-refractivity contribution in [3.05, 3.63) is 29.8 Å². The van der Waals surface area contributed by atoms with Gasteiger partial charge in [0.2, 0.25) is 0 Å². The minimum Gasteiger partial charge on any atom is -0.508 e. The lowest BCUT2D eigenvalue weighted by atomic mass is 10.2. The Bertz CT molecular complexity index is 371. The van der Waals surface area contributed by atoms with Gasteiger partial charge in [-0.1, -0.05) is 18.2 Å². The molecule has 0 fully saturated rings. The summed E-state index contributed by atoms with van der Waals surface area (Å²) in [6.45, 7) is 1.60. The molecule has 0 amide bonds. The van der Waals surface area contributed by atoms with Crippen molar-refractivity contribution in [1.82, 2.24) is 0 Å². The highest BCUT2D eigenvalue weighted by atomic mass is 16.4. The second-order valence-corrected chi connectivity index (χ2v) is 2.84. The van der Waals surface area contributed by atoms with Crippen molar-refractivity contribution in [3.8, 4) is 5.75 Å². The lowest BCUT2D eigenvalue weighted by molar-refractivity contribution is -0.129. The Morgan fingerprint density at radius 1 is 1.43 bits per heavy atom. The molecule has 0 saturated carbocycles. The Kier molecular flexibility index (Phi) is 3.23. The molecule has 4 heteroatoms. The van der Waals surface area contributed by atoms with Crippen LogP contribution in [-0.2, 0) is 11.3 Å². The van der Waals surface area contributed by atoms with E-state index >= 15 is 0 Å². The molecule has 0 aliphatic heterocycles. The monoisotopic (exact) mass is 193 g/mol. The minimum atomic E-state index is -1.04. The largest absolute Gasteiger partial charge is 0.508 e. The zero-order valence-electron chi connectivity index (χ0n) is 7.77. The summed E-state index contributed by atoms with van der Waals surface area (Å²) < 4.78 is 0. The van der Waals surface area contributed by atoms with Gasteiger partial charge >= 0.3 is 5.97 Å². The van der Waals surface area contributed by atoms with E-state index in [0.29, 0.717) is 5.56 Å². The number of carboxylic acid groups (broad SMARTS) is 1. The molecule has 0 radical (unpaired) electrons. The second kappa shape index (κ2) is 4.41. The highest BCUT2D eigenvalue weighted by Crippen LogP contribution is 2.16. The van der Waals surface area contributed by atoms with Crippen LogP contribution in [-0.4, -0.2) is 21.9 Å². The van der Waals surface area contributed by atoms with Crippen LogP contribution in [0, 0.1) is 0 Å². The van der Waals surface area contributed by atoms with Crippen LogP contribution in [0.15, 0.2) is 29.3 Å². The van der Waals surface area contributed by atoms with Crippen LogP contribution < -0.4 is 0 Å². The maximum atomic E-state index is 10.4. The third kappa shape index (κ3) is 2.58. The van der Waals surface area contributed by atoms with Crippen LogP contribution in [0.25, 0.3) is 0 Å². The predicted octanol–water partition coefficient (Wildman–Crippen LogP) is 1.44. The number of para-hydroxylation sites is 1. The molecule has 0 atom stereocenters. The molecule has 0 aliphatic carbocycles. The van der Waals surface area contributed by atoms with E-state index in [1.165, 1.54) is 6.92 Å². The van der Waals surface area contributed by atoms with Crippen molar-refractivity contribution < 1.29 is 15.0 Å². The zero-order chi connectivity index (χ0) is 10.6. The number of carbonyl (C=O) groups is 1. The van der Waals surface area contributed by atoms with E-state index < -0.39 is 5.97 Å². The molecule has 74 valence electrons. The SMILES string of the molecule is CC(=NCc1ccccc1O)C(=O)O. The van der Waals surface area contributed by atoms with E-state index in [0.717, 1.165) is 0 Å². The van der Waals surface area contributed by atoms with Crippen molar-refractivity contribution in [2.45, 2.75) is 13.5 Å². The molecular weight excluding hydrogens is 182 g/mol. The number of phenolic OH excluding ortho intramolecular Hbond substituents is 1. The third-order valence-corrected chi connectivity index (χ3v) is 1.79. The first kappa shape index (κ1) is 10.2. The Morgan fingerprint density at radius 3 is 2.64 bits per heavy atom. The number of aromatic hydroxyl groups is 1. The van der Waals surface area contributed by atoms with Gasteiger partial charge in [0.25, 0.3) is 0 Å². The van der Waals surface area contributed by atoms with Gasteiger partial charge in [0, 0.05) is 5.56 Å². The van der Waals surface area contributed by atoms with Crippen LogP contribution in [0.4, 0.5) is 0 Å². The van der Waals surface area contributed by atoms with E-state index in [1.54, 1.807) is 24.3 Å². The summed E-state index contributed by atoms with van der Waals surface area (Å²) in [5.74, 6) is -0.908. The molecule has 0 heterocycles. The van der Waals surface area contributed by atoms with Crippen LogP contribution in [0.2, 0.25) is 0 Å². The van der Waals surface area contributed by atoms with E-state index in [-0.39, 0.29) is 18.0 Å². The molecule has 14 heavy (non-hydrogen) atoms. The highest BCUT2D eigenvalue weighted by Gasteiger charge is 2.02. The fourth-order valence-corrected chi connectivity index (χ4v) is 0.916. The normalized spacial score (nSPS) is 11.4. The first-order valence-electron chi connectivity index (χ1n) is 4.12. The number of nitrogens with zero attached hydrogens (tertiary/aromatic N) is 1. The number of carboxylic acids is 1. The molecule has 0 bridgehead atoms. The summed E-state index contributed by atoms with van der Waals surface area (Å²) in [5, 5.41) is 17.9. The van der Waals surface area contributed by atoms with Crippen molar-refractivity contribution in [1.29, 1.82) is 0 Å². The number of aliphatic carboxylic acids is 1. The molecule has 2 N–H and O–H groups in total. The maximum Gasteiger partial charge on any atom is 0.349 e. The predicted molar refractivity (Wildman–Crippen MR) is 52.6 cm³/mol. The molecule has 0 aromatic heterocycles. The Balaban J connectivity index is 2.76. The Morgan fingerprint density at radius 2 is 2.07 bits per heavy atom. The lowest BCUT2D eigenvalue weighted by Gasteiger charge is -2.00. The minimum absolute atomic E-state index is 0.0354. The molecule has 1 aromatic rings. The third-order valence-electron chi connectivity index (χ3n) is 1.79. The van der Waals surface area contributed by atoms with Crippen LogP contribution in [0.3, 0.4) is 0 Å². The van der Waals surface area contributed by atoms with E-state index in [1.807, 2.05) is 0 Å². The van der Waals surface area contributed by atoms with Gasteiger partial charge in [0.15, 0.2) is 0 Å². The molecule has 4 nitrogen and oxygen atoms in total. The van der Waals surface area contributed by atoms with E-state index in [2.05, 4.69) is 4.99 Å². The van der Waals surface area contributed by atoms with Crippen molar-refractivity contribution >= 4 is 11.7 Å². The van der Waals surface area contributed by atoms with Crippen LogP contribution in [0.1, 0.15) is 12.5 Å². The van der Waals surface area contributed by atoms with Gasteiger partial charge in [-0.05, 0) is 13.0 Å². The van der Waals surface area contributed by atoms with Gasteiger partial charge in [-0.3, -0.25) is 4.99 Å². The van der Waals surface area contributed by atoms with Gasteiger partial charge in [-0.15, -0.1) is 0 Å². The fourth-order valence-electron chi connectivity index (χ4n) is 0.916. The summed E-state index contributed by atoms with van der Waals surface area (Å²) in [6.07, 6.45) is 0. The Labute approximate surface area is 81.5 Å². The quantitative estimate of drug-likeness (QED) is 0.713. The smallest absolute Gasteiger partial charge is 0.349 e. The number of rotatable bonds is 3. The molecule has 1 aromatic carbocycles. The van der Waals surface area contributed by atoms with Crippen molar-refractivity contribution in [3.63, 3.8) is 0 Å². The average molecular weight is 193 g/mol. The molecule has 1 rings (SSSR count). The van der Waals surface area contributed by atoms with Gasteiger partial charge in [-0.25, -0.2) is 4.79 Å². The summed E-state index contributed by atoms with van der Waals surface area (Å²) >= 11 is 0. The topological polar surface area (TPSA) is 69.9 Å². The standard InChI is InChI=1S/C10H11NO3/c1-7(10(13)14)11-6-8-4-2-3-5-9(8)12/h2-5,12H,6H2,1H3,(H,13,14).